The van der Waals surface area contributed by atoms with E-state index in [0.29, 0.717) is 22.3 Å². The summed E-state index contributed by atoms with van der Waals surface area (Å²) in [6.45, 7) is 5.56. The molecule has 0 aliphatic carbocycles. The van der Waals surface area contributed by atoms with Crippen LogP contribution in [0.1, 0.15) is 16.5 Å². The summed E-state index contributed by atoms with van der Waals surface area (Å²) in [6, 6.07) is 4.53. The van der Waals surface area contributed by atoms with Crippen LogP contribution in [0.3, 0.4) is 0 Å². The van der Waals surface area contributed by atoms with Crippen molar-refractivity contribution in [3.05, 3.63) is 44.9 Å². The zero-order valence-corrected chi connectivity index (χ0v) is 12.2. The van der Waals surface area contributed by atoms with Crippen LogP contribution in [-0.2, 0) is 0 Å². The van der Waals surface area contributed by atoms with Crippen molar-refractivity contribution in [1.29, 1.82) is 0 Å². The molecule has 0 radical (unpaired) electrons. The first-order chi connectivity index (χ1) is 9.47. The van der Waals surface area contributed by atoms with Gasteiger partial charge in [-0.05, 0) is 32.9 Å². The lowest BCUT2D eigenvalue weighted by Gasteiger charge is -2.06. The lowest BCUT2D eigenvalue weighted by atomic mass is 10.1. The Hall–Kier alpha value is -2.14. The Morgan fingerprint density at radius 1 is 1.25 bits per heavy atom. The smallest absolute Gasteiger partial charge is 0.201 e. The molecule has 0 saturated carbocycles. The molecule has 0 amide bonds. The Morgan fingerprint density at radius 2 is 2.00 bits per heavy atom. The van der Waals surface area contributed by atoms with Crippen LogP contribution >= 0.6 is 11.3 Å². The molecule has 0 aliphatic heterocycles. The molecule has 102 valence electrons. The fraction of sp³-hybridized carbons (Fsp3) is 0.200. The van der Waals surface area contributed by atoms with E-state index in [1.54, 1.807) is 13.0 Å². The first-order valence-electron chi connectivity index (χ1n) is 6.18. The van der Waals surface area contributed by atoms with Gasteiger partial charge in [0.2, 0.25) is 5.43 Å². The number of benzene rings is 1. The van der Waals surface area contributed by atoms with Gasteiger partial charge in [0.25, 0.3) is 0 Å². The SMILES string of the molecule is Cc1nc(C)c(-c2c(C)oc3cc(O)ccc3c2=O)s1. The minimum absolute atomic E-state index is 0.0811. The van der Waals surface area contributed by atoms with Crippen LogP contribution < -0.4 is 5.43 Å². The van der Waals surface area contributed by atoms with Gasteiger partial charge in [-0.25, -0.2) is 4.98 Å². The average Bonchev–Trinajstić information content (AvgIpc) is 2.68. The number of hydrogen-bond donors (Lipinski definition) is 1. The largest absolute Gasteiger partial charge is 0.508 e. The summed E-state index contributed by atoms with van der Waals surface area (Å²) in [6.07, 6.45) is 0. The van der Waals surface area contributed by atoms with E-state index >= 15 is 0 Å². The second-order valence-electron chi connectivity index (χ2n) is 4.69. The lowest BCUT2D eigenvalue weighted by Crippen LogP contribution is -2.07. The maximum Gasteiger partial charge on any atom is 0.201 e. The number of aryl methyl sites for hydroxylation is 3. The van der Waals surface area contributed by atoms with Gasteiger partial charge in [0, 0.05) is 6.07 Å². The fourth-order valence-corrected chi connectivity index (χ4v) is 3.33. The maximum atomic E-state index is 12.7. The number of aromatic nitrogens is 1. The number of phenolic OH excluding ortho intramolecular Hbond substituents is 1. The first kappa shape index (κ1) is 12.9. The number of hydrogen-bond acceptors (Lipinski definition) is 5. The van der Waals surface area contributed by atoms with Crippen LogP contribution in [0.2, 0.25) is 0 Å². The van der Waals surface area contributed by atoms with E-state index in [1.807, 2.05) is 13.8 Å². The van der Waals surface area contributed by atoms with Crippen molar-refractivity contribution in [2.24, 2.45) is 0 Å². The number of thiazole rings is 1. The third-order valence-electron chi connectivity index (χ3n) is 3.18. The van der Waals surface area contributed by atoms with Gasteiger partial charge in [-0.3, -0.25) is 4.79 Å². The second kappa shape index (κ2) is 4.45. The molecule has 2 aromatic heterocycles. The number of nitrogens with zero attached hydrogens (tertiary/aromatic N) is 1. The summed E-state index contributed by atoms with van der Waals surface area (Å²) < 4.78 is 5.69. The van der Waals surface area contributed by atoms with Gasteiger partial charge in [-0.15, -0.1) is 11.3 Å². The Morgan fingerprint density at radius 3 is 2.65 bits per heavy atom. The van der Waals surface area contributed by atoms with Crippen LogP contribution in [0.25, 0.3) is 21.4 Å². The van der Waals surface area contributed by atoms with E-state index in [-0.39, 0.29) is 11.2 Å². The van der Waals surface area contributed by atoms with Gasteiger partial charge in [0.05, 0.1) is 26.5 Å². The van der Waals surface area contributed by atoms with Gasteiger partial charge in [0.15, 0.2) is 0 Å². The molecule has 5 heteroatoms. The van der Waals surface area contributed by atoms with E-state index < -0.39 is 0 Å². The molecule has 1 N–H and O–H groups in total. The molecule has 4 nitrogen and oxygen atoms in total. The predicted octanol–water partition coefficient (Wildman–Crippen LogP) is 3.55. The summed E-state index contributed by atoms with van der Waals surface area (Å²) in [4.78, 5) is 17.9. The minimum atomic E-state index is -0.0875. The van der Waals surface area contributed by atoms with Gasteiger partial charge >= 0.3 is 0 Å². The van der Waals surface area contributed by atoms with Crippen molar-refractivity contribution in [2.45, 2.75) is 20.8 Å². The molecule has 3 aromatic rings. The van der Waals surface area contributed by atoms with Crippen LogP contribution in [0.15, 0.2) is 27.4 Å². The van der Waals surface area contributed by atoms with Crippen molar-refractivity contribution >= 4 is 22.3 Å². The molecular formula is C15H13NO3S. The van der Waals surface area contributed by atoms with Crippen LogP contribution in [0.4, 0.5) is 0 Å². The van der Waals surface area contributed by atoms with Crippen LogP contribution in [0.5, 0.6) is 5.75 Å². The number of fused-ring (bicyclic) bond motifs is 1. The predicted molar refractivity (Wildman–Crippen MR) is 79.5 cm³/mol. The van der Waals surface area contributed by atoms with Crippen LogP contribution in [-0.4, -0.2) is 10.1 Å². The molecule has 2 heterocycles. The Bertz CT molecular complexity index is 877. The highest BCUT2D eigenvalue weighted by molar-refractivity contribution is 7.15. The number of phenols is 1. The molecule has 0 unspecified atom stereocenters. The molecular weight excluding hydrogens is 274 g/mol. The quantitative estimate of drug-likeness (QED) is 0.743. The van der Waals surface area contributed by atoms with E-state index in [4.69, 9.17) is 4.42 Å². The molecule has 0 fully saturated rings. The zero-order chi connectivity index (χ0) is 14.4. The standard InChI is InChI=1S/C15H13NO3S/c1-7-15(20-9(3)16-7)13-8(2)19-12-6-10(17)4-5-11(12)14(13)18/h4-6,17H,1-3H3. The van der Waals surface area contributed by atoms with E-state index in [9.17, 15) is 9.90 Å². The van der Waals surface area contributed by atoms with Gasteiger partial charge in [-0.1, -0.05) is 0 Å². The molecule has 0 bridgehead atoms. The topological polar surface area (TPSA) is 63.3 Å². The first-order valence-corrected chi connectivity index (χ1v) is 7.00. The monoisotopic (exact) mass is 287 g/mol. The highest BCUT2D eigenvalue weighted by Crippen LogP contribution is 2.32. The molecule has 0 aliphatic rings. The molecule has 20 heavy (non-hydrogen) atoms. The Kier molecular flexibility index (Phi) is 2.87. The summed E-state index contributed by atoms with van der Waals surface area (Å²) in [5.41, 5.74) is 1.71. The normalized spacial score (nSPS) is 11.2. The van der Waals surface area contributed by atoms with Crippen molar-refractivity contribution < 1.29 is 9.52 Å². The summed E-state index contributed by atoms with van der Waals surface area (Å²) in [7, 11) is 0. The van der Waals surface area contributed by atoms with Gasteiger partial charge in [0.1, 0.15) is 17.1 Å². The number of rotatable bonds is 1. The third kappa shape index (κ3) is 1.91. The van der Waals surface area contributed by atoms with Crippen LogP contribution in [0, 0.1) is 20.8 Å². The highest BCUT2D eigenvalue weighted by atomic mass is 32.1. The van der Waals surface area contributed by atoms with Crippen molar-refractivity contribution in [1.82, 2.24) is 4.98 Å². The van der Waals surface area contributed by atoms with Gasteiger partial charge < -0.3 is 9.52 Å². The average molecular weight is 287 g/mol. The minimum Gasteiger partial charge on any atom is -0.508 e. The Balaban J connectivity index is 2.40. The summed E-state index contributed by atoms with van der Waals surface area (Å²) in [5.74, 6) is 0.623. The molecule has 0 atom stereocenters. The molecule has 3 rings (SSSR count). The van der Waals surface area contributed by atoms with E-state index in [0.717, 1.165) is 15.6 Å². The highest BCUT2D eigenvalue weighted by Gasteiger charge is 2.18. The zero-order valence-electron chi connectivity index (χ0n) is 11.4. The molecule has 0 saturated heterocycles. The van der Waals surface area contributed by atoms with Crippen molar-refractivity contribution in [2.75, 3.05) is 0 Å². The maximum absolute atomic E-state index is 12.7. The van der Waals surface area contributed by atoms with E-state index in [1.165, 1.54) is 23.5 Å². The van der Waals surface area contributed by atoms with Crippen molar-refractivity contribution in [3.8, 4) is 16.2 Å². The summed E-state index contributed by atoms with van der Waals surface area (Å²) in [5, 5.41) is 10.9. The fourth-order valence-electron chi connectivity index (χ4n) is 2.32. The number of aromatic hydroxyl groups is 1. The lowest BCUT2D eigenvalue weighted by molar-refractivity contribution is 0.473. The Labute approximate surface area is 119 Å². The van der Waals surface area contributed by atoms with Crippen molar-refractivity contribution in [3.63, 3.8) is 0 Å². The summed E-state index contributed by atoms with van der Waals surface area (Å²) >= 11 is 1.49. The second-order valence-corrected chi connectivity index (χ2v) is 5.89. The molecule has 1 aromatic carbocycles. The third-order valence-corrected chi connectivity index (χ3v) is 4.27. The molecule has 0 spiro atoms. The van der Waals surface area contributed by atoms with Gasteiger partial charge in [-0.2, -0.15) is 0 Å². The van der Waals surface area contributed by atoms with E-state index in [2.05, 4.69) is 4.98 Å².